The third-order valence-corrected chi connectivity index (χ3v) is 4.22. The molecule has 0 amide bonds. The van der Waals surface area contributed by atoms with Crippen molar-refractivity contribution in [2.24, 2.45) is 0 Å². The number of halogens is 1. The molecule has 0 aliphatic heterocycles. The number of hydrogen-bond donors (Lipinski definition) is 1. The smallest absolute Gasteiger partial charge is 0.143 e. The molecule has 20 heavy (non-hydrogen) atoms. The van der Waals surface area contributed by atoms with E-state index >= 15 is 0 Å². The fourth-order valence-corrected chi connectivity index (χ4v) is 3.05. The Morgan fingerprint density at radius 2 is 1.90 bits per heavy atom. The van der Waals surface area contributed by atoms with Gasteiger partial charge in [-0.25, -0.2) is 0 Å². The maximum atomic E-state index is 6.16. The Kier molecular flexibility index (Phi) is 5.21. The van der Waals surface area contributed by atoms with Crippen LogP contribution < -0.4 is 10.5 Å². The molecule has 0 aliphatic carbocycles. The highest BCUT2D eigenvalue weighted by molar-refractivity contribution is 7.98. The molecule has 0 saturated heterocycles. The molecule has 2 aromatic rings. The van der Waals surface area contributed by atoms with E-state index in [0.717, 1.165) is 27.0 Å². The van der Waals surface area contributed by atoms with Crippen LogP contribution in [0.4, 0.5) is 5.69 Å². The molecule has 4 heteroatoms. The second kappa shape index (κ2) is 6.91. The van der Waals surface area contributed by atoms with Crippen LogP contribution >= 0.6 is 23.4 Å². The van der Waals surface area contributed by atoms with Crippen molar-refractivity contribution in [2.45, 2.75) is 30.6 Å². The average molecular weight is 308 g/mol. The van der Waals surface area contributed by atoms with Crippen LogP contribution in [0.5, 0.6) is 5.75 Å². The normalized spacial score (nSPS) is 10.8. The lowest BCUT2D eigenvalue weighted by atomic mass is 10.2. The molecule has 0 atom stereocenters. The van der Waals surface area contributed by atoms with Crippen LogP contribution in [0.2, 0.25) is 5.02 Å². The topological polar surface area (TPSA) is 35.2 Å². The summed E-state index contributed by atoms with van der Waals surface area (Å²) in [6.07, 6.45) is 0.112. The van der Waals surface area contributed by atoms with Crippen LogP contribution in [0.3, 0.4) is 0 Å². The van der Waals surface area contributed by atoms with Crippen molar-refractivity contribution in [3.63, 3.8) is 0 Å². The van der Waals surface area contributed by atoms with Gasteiger partial charge >= 0.3 is 0 Å². The number of para-hydroxylation sites is 1. The van der Waals surface area contributed by atoms with E-state index < -0.39 is 0 Å². The molecule has 0 unspecified atom stereocenters. The molecule has 0 aliphatic rings. The molecule has 0 aromatic heterocycles. The monoisotopic (exact) mass is 307 g/mol. The van der Waals surface area contributed by atoms with E-state index in [1.165, 1.54) is 0 Å². The molecule has 2 rings (SSSR count). The van der Waals surface area contributed by atoms with Gasteiger partial charge in [-0.3, -0.25) is 0 Å². The first-order chi connectivity index (χ1) is 9.58. The Bertz CT molecular complexity index is 586. The van der Waals surface area contributed by atoms with Crippen LogP contribution in [0, 0.1) is 0 Å². The zero-order chi connectivity index (χ0) is 14.5. The molecule has 0 saturated carbocycles. The fourth-order valence-electron chi connectivity index (χ4n) is 1.78. The van der Waals surface area contributed by atoms with Crippen LogP contribution in [0.1, 0.15) is 19.4 Å². The van der Waals surface area contributed by atoms with Gasteiger partial charge < -0.3 is 10.5 Å². The van der Waals surface area contributed by atoms with Gasteiger partial charge in [0.2, 0.25) is 0 Å². The summed E-state index contributed by atoms with van der Waals surface area (Å²) >= 11 is 7.83. The van der Waals surface area contributed by atoms with Gasteiger partial charge in [-0.1, -0.05) is 35.9 Å². The summed E-state index contributed by atoms with van der Waals surface area (Å²) in [7, 11) is 0. The molecule has 0 fully saturated rings. The third kappa shape index (κ3) is 3.84. The van der Waals surface area contributed by atoms with E-state index in [4.69, 9.17) is 22.1 Å². The Hall–Kier alpha value is -1.32. The van der Waals surface area contributed by atoms with Crippen molar-refractivity contribution in [1.82, 2.24) is 0 Å². The second-order valence-corrected chi connectivity index (χ2v) is 6.14. The predicted octanol–water partition coefficient (Wildman–Crippen LogP) is 5.00. The van der Waals surface area contributed by atoms with Gasteiger partial charge in [-0.2, -0.15) is 0 Å². The summed E-state index contributed by atoms with van der Waals surface area (Å²) in [6, 6.07) is 13.7. The van der Waals surface area contributed by atoms with Gasteiger partial charge in [0.25, 0.3) is 0 Å². The number of anilines is 1. The molecule has 0 heterocycles. The summed E-state index contributed by atoms with van der Waals surface area (Å²) in [6.45, 7) is 3.98. The van der Waals surface area contributed by atoms with Gasteiger partial charge in [0.05, 0.1) is 11.8 Å². The predicted molar refractivity (Wildman–Crippen MR) is 87.6 cm³/mol. The zero-order valence-electron chi connectivity index (χ0n) is 11.6. The van der Waals surface area contributed by atoms with Gasteiger partial charge in [0.1, 0.15) is 5.75 Å². The van der Waals surface area contributed by atoms with E-state index in [1.807, 2.05) is 56.3 Å². The van der Waals surface area contributed by atoms with Crippen LogP contribution in [0.25, 0.3) is 0 Å². The van der Waals surface area contributed by atoms with Crippen molar-refractivity contribution in [3.8, 4) is 5.75 Å². The van der Waals surface area contributed by atoms with Gasteiger partial charge in [-0.05, 0) is 37.6 Å². The molecule has 0 radical (unpaired) electrons. The second-order valence-electron chi connectivity index (χ2n) is 4.71. The molecule has 0 bridgehead atoms. The minimum atomic E-state index is 0.112. The average Bonchev–Trinajstić information content (AvgIpc) is 2.41. The lowest BCUT2D eigenvalue weighted by Crippen LogP contribution is -2.07. The highest BCUT2D eigenvalue weighted by Crippen LogP contribution is 2.35. The Morgan fingerprint density at radius 3 is 2.60 bits per heavy atom. The lowest BCUT2D eigenvalue weighted by Gasteiger charge is -2.14. The first-order valence-electron chi connectivity index (χ1n) is 6.49. The summed E-state index contributed by atoms with van der Waals surface area (Å²) in [4.78, 5) is 1.02. The first kappa shape index (κ1) is 15.1. The number of nitrogens with two attached hydrogens (primary N) is 1. The van der Waals surface area contributed by atoms with E-state index in [9.17, 15) is 0 Å². The number of nitrogen functional groups attached to an aromatic ring is 1. The quantitative estimate of drug-likeness (QED) is 0.623. The van der Waals surface area contributed by atoms with Crippen LogP contribution in [-0.2, 0) is 5.75 Å². The minimum Gasteiger partial charge on any atom is -0.489 e. The third-order valence-electron chi connectivity index (χ3n) is 2.73. The lowest BCUT2D eigenvalue weighted by molar-refractivity contribution is 0.243. The number of thioether (sulfide) groups is 1. The number of ether oxygens (including phenoxy) is 1. The molecule has 0 spiro atoms. The summed E-state index contributed by atoms with van der Waals surface area (Å²) in [5.74, 6) is 1.53. The minimum absolute atomic E-state index is 0.112. The molecule has 2 aromatic carbocycles. The largest absolute Gasteiger partial charge is 0.489 e. The van der Waals surface area contributed by atoms with Crippen molar-refractivity contribution < 1.29 is 4.74 Å². The van der Waals surface area contributed by atoms with Crippen molar-refractivity contribution >= 4 is 29.1 Å². The van der Waals surface area contributed by atoms with Crippen LogP contribution in [-0.4, -0.2) is 6.10 Å². The standard InChI is InChI=1S/C16H18ClNOS/c1-11(2)19-14-8-5-9-15(16(14)18)20-10-12-6-3-4-7-13(12)17/h3-9,11H,10,18H2,1-2H3. The van der Waals surface area contributed by atoms with Crippen molar-refractivity contribution in [1.29, 1.82) is 0 Å². The molecule has 2 nitrogen and oxygen atoms in total. The highest BCUT2D eigenvalue weighted by atomic mass is 35.5. The van der Waals surface area contributed by atoms with E-state index in [0.29, 0.717) is 5.69 Å². The first-order valence-corrected chi connectivity index (χ1v) is 7.85. The Balaban J connectivity index is 2.12. The molecule has 106 valence electrons. The van der Waals surface area contributed by atoms with E-state index in [1.54, 1.807) is 11.8 Å². The maximum Gasteiger partial charge on any atom is 0.143 e. The van der Waals surface area contributed by atoms with Crippen molar-refractivity contribution in [2.75, 3.05) is 5.73 Å². The highest BCUT2D eigenvalue weighted by Gasteiger charge is 2.09. The molecule has 2 N–H and O–H groups in total. The van der Waals surface area contributed by atoms with E-state index in [2.05, 4.69) is 0 Å². The molecular formula is C16H18ClNOS. The summed E-state index contributed by atoms with van der Waals surface area (Å²) in [5, 5.41) is 0.785. The van der Waals surface area contributed by atoms with Gasteiger partial charge in [0, 0.05) is 15.7 Å². The molecular weight excluding hydrogens is 290 g/mol. The van der Waals surface area contributed by atoms with Crippen molar-refractivity contribution in [3.05, 3.63) is 53.1 Å². The number of rotatable bonds is 5. The fraction of sp³-hybridized carbons (Fsp3) is 0.250. The summed E-state index contributed by atoms with van der Waals surface area (Å²) in [5.41, 5.74) is 7.95. The summed E-state index contributed by atoms with van der Waals surface area (Å²) < 4.78 is 5.70. The number of benzene rings is 2. The van der Waals surface area contributed by atoms with Gasteiger partial charge in [0.15, 0.2) is 0 Å². The van der Waals surface area contributed by atoms with Gasteiger partial charge in [-0.15, -0.1) is 11.8 Å². The Labute approximate surface area is 129 Å². The zero-order valence-corrected chi connectivity index (χ0v) is 13.2. The Morgan fingerprint density at radius 1 is 1.15 bits per heavy atom. The SMILES string of the molecule is CC(C)Oc1cccc(SCc2ccccc2Cl)c1N. The maximum absolute atomic E-state index is 6.16. The van der Waals surface area contributed by atoms with Crippen LogP contribution in [0.15, 0.2) is 47.4 Å². The van der Waals surface area contributed by atoms with E-state index in [-0.39, 0.29) is 6.10 Å². The number of hydrogen-bond acceptors (Lipinski definition) is 3.